The Morgan fingerprint density at radius 1 is 0.358 bits per heavy atom. The molecule has 0 aromatic carbocycles. The Bertz CT molecular complexity index is 796. The molecule has 0 aliphatic rings. The van der Waals surface area contributed by atoms with Crippen LogP contribution in [0, 0.1) is 5.92 Å². The Labute approximate surface area is 329 Å². The molecule has 0 heterocycles. The minimum atomic E-state index is -0.757. The van der Waals surface area contributed by atoms with Gasteiger partial charge in [-0.1, -0.05) is 220 Å². The average Bonchev–Trinajstić information content (AvgIpc) is 3.14. The number of rotatable bonds is 42. The second-order valence-electron chi connectivity index (χ2n) is 16.5. The molecule has 0 saturated carbocycles. The Morgan fingerprint density at radius 3 is 0.925 bits per heavy atom. The van der Waals surface area contributed by atoms with Crippen molar-refractivity contribution in [2.24, 2.45) is 5.92 Å². The van der Waals surface area contributed by atoms with E-state index in [4.69, 9.17) is 14.2 Å². The Kier molecular flexibility index (Phi) is 40.3. The van der Waals surface area contributed by atoms with Crippen molar-refractivity contribution in [2.75, 3.05) is 13.2 Å². The van der Waals surface area contributed by atoms with Crippen molar-refractivity contribution in [2.45, 2.75) is 265 Å². The summed E-state index contributed by atoms with van der Waals surface area (Å²) in [6.07, 6.45) is 41.0. The summed E-state index contributed by atoms with van der Waals surface area (Å²) in [5.74, 6) is -0.0144. The molecule has 0 spiro atoms. The molecular weight excluding hydrogens is 661 g/mol. The molecule has 0 aromatic heterocycles. The van der Waals surface area contributed by atoms with E-state index >= 15 is 0 Å². The molecule has 0 bridgehead atoms. The summed E-state index contributed by atoms with van der Waals surface area (Å²) in [6, 6.07) is 0. The standard InChI is InChI=1S/C47H90O6/c1-5-7-9-11-13-14-19-23-27-30-34-38-45(48)51-41-44(53-47(50)40-36-32-25-12-10-8-6-2)42-52-46(49)39-35-31-28-24-21-18-16-15-17-20-22-26-29-33-37-43(3)4/h43-44H,5-42H2,1-4H3/t44-/m0/s1. The van der Waals surface area contributed by atoms with Crippen molar-refractivity contribution in [1.82, 2.24) is 0 Å². The van der Waals surface area contributed by atoms with Gasteiger partial charge in [-0.25, -0.2) is 0 Å². The molecule has 6 heteroatoms. The molecule has 53 heavy (non-hydrogen) atoms. The van der Waals surface area contributed by atoms with Crippen molar-refractivity contribution >= 4 is 17.9 Å². The van der Waals surface area contributed by atoms with Gasteiger partial charge in [-0.15, -0.1) is 0 Å². The molecule has 0 N–H and O–H groups in total. The number of hydrogen-bond donors (Lipinski definition) is 0. The summed E-state index contributed by atoms with van der Waals surface area (Å²) in [5.41, 5.74) is 0. The third-order valence-corrected chi connectivity index (χ3v) is 10.5. The van der Waals surface area contributed by atoms with E-state index in [1.54, 1.807) is 0 Å². The van der Waals surface area contributed by atoms with Crippen LogP contribution >= 0.6 is 0 Å². The van der Waals surface area contributed by atoms with E-state index in [9.17, 15) is 14.4 Å². The largest absolute Gasteiger partial charge is 0.462 e. The quantitative estimate of drug-likeness (QED) is 0.0351. The number of ether oxygens (including phenoxy) is 3. The van der Waals surface area contributed by atoms with Gasteiger partial charge in [0, 0.05) is 19.3 Å². The van der Waals surface area contributed by atoms with Crippen molar-refractivity contribution in [3.63, 3.8) is 0 Å². The molecule has 1 atom stereocenters. The Morgan fingerprint density at radius 2 is 0.623 bits per heavy atom. The van der Waals surface area contributed by atoms with Gasteiger partial charge in [0.15, 0.2) is 6.10 Å². The van der Waals surface area contributed by atoms with Crippen LogP contribution in [-0.2, 0) is 28.6 Å². The Balaban J connectivity index is 4.18. The topological polar surface area (TPSA) is 78.9 Å². The molecule has 0 aromatic rings. The monoisotopic (exact) mass is 751 g/mol. The van der Waals surface area contributed by atoms with Crippen LogP contribution in [0.4, 0.5) is 0 Å². The normalized spacial score (nSPS) is 11.9. The van der Waals surface area contributed by atoms with E-state index in [2.05, 4.69) is 27.7 Å². The Hall–Kier alpha value is -1.59. The first-order valence-corrected chi connectivity index (χ1v) is 23.4. The van der Waals surface area contributed by atoms with Gasteiger partial charge < -0.3 is 14.2 Å². The van der Waals surface area contributed by atoms with Crippen LogP contribution in [0.1, 0.15) is 259 Å². The number of hydrogen-bond acceptors (Lipinski definition) is 6. The summed E-state index contributed by atoms with van der Waals surface area (Å²) < 4.78 is 16.7. The number of unbranched alkanes of at least 4 members (excludes halogenated alkanes) is 29. The van der Waals surface area contributed by atoms with E-state index in [0.29, 0.717) is 19.3 Å². The second-order valence-corrected chi connectivity index (χ2v) is 16.5. The maximum absolute atomic E-state index is 12.6. The third-order valence-electron chi connectivity index (χ3n) is 10.5. The van der Waals surface area contributed by atoms with Crippen LogP contribution in [0.2, 0.25) is 0 Å². The zero-order chi connectivity index (χ0) is 38.9. The first kappa shape index (κ1) is 51.4. The summed E-state index contributed by atoms with van der Waals surface area (Å²) in [7, 11) is 0. The lowest BCUT2D eigenvalue weighted by Crippen LogP contribution is -2.30. The van der Waals surface area contributed by atoms with Crippen LogP contribution in [0.3, 0.4) is 0 Å². The highest BCUT2D eigenvalue weighted by atomic mass is 16.6. The number of esters is 3. The lowest BCUT2D eigenvalue weighted by Gasteiger charge is -2.18. The molecule has 0 amide bonds. The van der Waals surface area contributed by atoms with Gasteiger partial charge in [-0.2, -0.15) is 0 Å². The first-order valence-electron chi connectivity index (χ1n) is 23.4. The van der Waals surface area contributed by atoms with Crippen LogP contribution in [0.15, 0.2) is 0 Å². The summed E-state index contributed by atoms with van der Waals surface area (Å²) >= 11 is 0. The average molecular weight is 751 g/mol. The van der Waals surface area contributed by atoms with Crippen LogP contribution in [0.5, 0.6) is 0 Å². The lowest BCUT2D eigenvalue weighted by molar-refractivity contribution is -0.167. The number of carbonyl (C=O) groups excluding carboxylic acids is 3. The van der Waals surface area contributed by atoms with Crippen molar-refractivity contribution in [1.29, 1.82) is 0 Å². The maximum atomic E-state index is 12.6. The molecule has 314 valence electrons. The van der Waals surface area contributed by atoms with Crippen molar-refractivity contribution in [3.8, 4) is 0 Å². The smallest absolute Gasteiger partial charge is 0.306 e. The highest BCUT2D eigenvalue weighted by molar-refractivity contribution is 5.71. The summed E-state index contributed by atoms with van der Waals surface area (Å²) in [5, 5.41) is 0. The number of carbonyl (C=O) groups is 3. The molecule has 0 aliphatic carbocycles. The molecule has 0 saturated heterocycles. The van der Waals surface area contributed by atoms with Gasteiger partial charge in [-0.3, -0.25) is 14.4 Å². The lowest BCUT2D eigenvalue weighted by atomic mass is 10.0. The van der Waals surface area contributed by atoms with Gasteiger partial charge in [0.05, 0.1) is 0 Å². The zero-order valence-electron chi connectivity index (χ0n) is 36.0. The van der Waals surface area contributed by atoms with E-state index in [-0.39, 0.29) is 31.1 Å². The summed E-state index contributed by atoms with van der Waals surface area (Å²) in [4.78, 5) is 37.6. The van der Waals surface area contributed by atoms with Crippen LogP contribution < -0.4 is 0 Å². The molecule has 0 radical (unpaired) electrons. The van der Waals surface area contributed by atoms with E-state index in [1.807, 2.05) is 0 Å². The fourth-order valence-corrected chi connectivity index (χ4v) is 6.98. The summed E-state index contributed by atoms with van der Waals surface area (Å²) in [6.45, 7) is 8.97. The molecule has 6 nitrogen and oxygen atoms in total. The van der Waals surface area contributed by atoms with Gasteiger partial charge >= 0.3 is 17.9 Å². The van der Waals surface area contributed by atoms with Gasteiger partial charge in [0.2, 0.25) is 0 Å². The predicted molar refractivity (Wildman–Crippen MR) is 224 cm³/mol. The first-order chi connectivity index (χ1) is 25.9. The predicted octanol–water partition coefficient (Wildman–Crippen LogP) is 14.7. The van der Waals surface area contributed by atoms with E-state index in [0.717, 1.165) is 63.7 Å². The highest BCUT2D eigenvalue weighted by Gasteiger charge is 2.19. The minimum Gasteiger partial charge on any atom is -0.462 e. The highest BCUT2D eigenvalue weighted by Crippen LogP contribution is 2.16. The zero-order valence-corrected chi connectivity index (χ0v) is 36.0. The minimum absolute atomic E-state index is 0.0640. The van der Waals surface area contributed by atoms with Crippen molar-refractivity contribution in [3.05, 3.63) is 0 Å². The maximum Gasteiger partial charge on any atom is 0.306 e. The van der Waals surface area contributed by atoms with E-state index in [1.165, 1.54) is 154 Å². The van der Waals surface area contributed by atoms with Crippen LogP contribution in [0.25, 0.3) is 0 Å². The molecule has 0 rings (SSSR count). The SMILES string of the molecule is CCCCCCCCCCCCCC(=O)OC[C@@H](COC(=O)CCCCCCCCCCCCCCCCC(C)C)OC(=O)CCCCCCCCC. The fourth-order valence-electron chi connectivity index (χ4n) is 6.98. The third kappa shape index (κ3) is 41.4. The molecule has 0 unspecified atom stereocenters. The van der Waals surface area contributed by atoms with E-state index < -0.39 is 6.10 Å². The van der Waals surface area contributed by atoms with Gasteiger partial charge in [0.1, 0.15) is 13.2 Å². The molecule has 0 aliphatic heterocycles. The van der Waals surface area contributed by atoms with Gasteiger partial charge in [0.25, 0.3) is 0 Å². The fraction of sp³-hybridized carbons (Fsp3) is 0.936. The van der Waals surface area contributed by atoms with Gasteiger partial charge in [-0.05, 0) is 25.2 Å². The second kappa shape index (κ2) is 41.6. The molecule has 0 fully saturated rings. The van der Waals surface area contributed by atoms with Crippen LogP contribution in [-0.4, -0.2) is 37.2 Å². The molecular formula is C47H90O6. The van der Waals surface area contributed by atoms with Crippen molar-refractivity contribution < 1.29 is 28.6 Å².